The number of nitrogens with two attached hydrogens (primary N) is 1. The van der Waals surface area contributed by atoms with Gasteiger partial charge in [0, 0.05) is 10.2 Å². The van der Waals surface area contributed by atoms with Crippen LogP contribution in [0.1, 0.15) is 50.5 Å². The van der Waals surface area contributed by atoms with E-state index in [-0.39, 0.29) is 0 Å². The molecule has 1 aromatic carbocycles. The second-order valence-corrected chi connectivity index (χ2v) is 5.34. The van der Waals surface area contributed by atoms with Crippen LogP contribution < -0.4 is 5.73 Å². The third-order valence-electron chi connectivity index (χ3n) is 3.11. The van der Waals surface area contributed by atoms with Gasteiger partial charge in [0.1, 0.15) is 0 Å². The number of rotatable bonds is 7. The number of halogens is 1. The molecule has 0 saturated heterocycles. The zero-order valence-electron chi connectivity index (χ0n) is 10.7. The fraction of sp³-hybridized carbons (Fsp3) is 0.500. The number of hydrogen-bond acceptors (Lipinski definition) is 2. The maximum atomic E-state index is 11.4. The Bertz CT molecular complexity index is 407. The lowest BCUT2D eigenvalue weighted by molar-refractivity contribution is -0.139. The van der Waals surface area contributed by atoms with Crippen molar-refractivity contribution in [3.05, 3.63) is 28.2 Å². The Balaban J connectivity index is 2.78. The molecule has 0 radical (unpaired) electrons. The van der Waals surface area contributed by atoms with Crippen LogP contribution in [0, 0.1) is 0 Å². The van der Waals surface area contributed by atoms with E-state index in [2.05, 4.69) is 22.9 Å². The van der Waals surface area contributed by atoms with Crippen molar-refractivity contribution in [3.8, 4) is 0 Å². The fourth-order valence-electron chi connectivity index (χ4n) is 2.04. The Morgan fingerprint density at radius 2 is 2.11 bits per heavy atom. The van der Waals surface area contributed by atoms with Crippen LogP contribution in [-0.2, 0) is 4.79 Å². The number of benzene rings is 1. The van der Waals surface area contributed by atoms with Crippen molar-refractivity contribution in [2.75, 3.05) is 5.73 Å². The van der Waals surface area contributed by atoms with Crippen molar-refractivity contribution in [3.63, 3.8) is 0 Å². The molecule has 0 bridgehead atoms. The fourth-order valence-corrected chi connectivity index (χ4v) is 2.43. The first-order valence-electron chi connectivity index (χ1n) is 6.34. The zero-order valence-corrected chi connectivity index (χ0v) is 12.2. The molecular weight excluding hydrogens is 294 g/mol. The maximum absolute atomic E-state index is 11.4. The van der Waals surface area contributed by atoms with E-state index in [9.17, 15) is 9.90 Å². The average molecular weight is 314 g/mol. The first kappa shape index (κ1) is 15.0. The molecule has 0 aliphatic carbocycles. The molecule has 0 amide bonds. The van der Waals surface area contributed by atoms with Crippen LogP contribution in [0.2, 0.25) is 0 Å². The molecule has 0 aliphatic heterocycles. The molecule has 0 saturated carbocycles. The minimum Gasteiger partial charge on any atom is -0.481 e. The highest BCUT2D eigenvalue weighted by molar-refractivity contribution is 9.10. The Morgan fingerprint density at radius 1 is 1.39 bits per heavy atom. The van der Waals surface area contributed by atoms with Gasteiger partial charge in [-0.1, -0.05) is 44.7 Å². The number of para-hydroxylation sites is 1. The molecular formula is C14H20BrNO2. The number of carbonyl (C=O) groups is 1. The van der Waals surface area contributed by atoms with Gasteiger partial charge in [0.05, 0.1) is 5.92 Å². The zero-order chi connectivity index (χ0) is 13.5. The lowest BCUT2D eigenvalue weighted by Gasteiger charge is -2.15. The molecule has 0 aliphatic rings. The van der Waals surface area contributed by atoms with Gasteiger partial charge in [0.2, 0.25) is 0 Å². The summed E-state index contributed by atoms with van der Waals surface area (Å²) in [6.45, 7) is 2.14. The molecule has 0 aromatic heterocycles. The van der Waals surface area contributed by atoms with Crippen LogP contribution in [0.5, 0.6) is 0 Å². The highest BCUT2D eigenvalue weighted by Crippen LogP contribution is 2.32. The Morgan fingerprint density at radius 3 is 2.72 bits per heavy atom. The van der Waals surface area contributed by atoms with Crippen LogP contribution in [0.3, 0.4) is 0 Å². The minimum absolute atomic E-state index is 0.501. The number of anilines is 1. The number of hydrogen-bond donors (Lipinski definition) is 2. The molecule has 3 N–H and O–H groups in total. The van der Waals surface area contributed by atoms with E-state index in [1.165, 1.54) is 0 Å². The lowest BCUT2D eigenvalue weighted by Crippen LogP contribution is -2.13. The molecule has 4 heteroatoms. The van der Waals surface area contributed by atoms with Crippen molar-refractivity contribution in [2.24, 2.45) is 0 Å². The highest BCUT2D eigenvalue weighted by atomic mass is 79.9. The third kappa shape index (κ3) is 4.02. The van der Waals surface area contributed by atoms with Gasteiger partial charge in [0.25, 0.3) is 0 Å². The summed E-state index contributed by atoms with van der Waals surface area (Å²) in [5.41, 5.74) is 7.20. The van der Waals surface area contributed by atoms with Gasteiger partial charge in [-0.05, 0) is 34.0 Å². The second-order valence-electron chi connectivity index (χ2n) is 4.48. The monoisotopic (exact) mass is 313 g/mol. The van der Waals surface area contributed by atoms with E-state index < -0.39 is 11.9 Å². The van der Waals surface area contributed by atoms with E-state index in [0.29, 0.717) is 17.7 Å². The van der Waals surface area contributed by atoms with E-state index in [1.807, 2.05) is 12.1 Å². The van der Waals surface area contributed by atoms with Gasteiger partial charge in [-0.3, -0.25) is 4.79 Å². The maximum Gasteiger partial charge on any atom is 0.311 e. The summed E-state index contributed by atoms with van der Waals surface area (Å²) in [6.07, 6.45) is 4.96. The summed E-state index contributed by atoms with van der Waals surface area (Å²) >= 11 is 3.34. The van der Waals surface area contributed by atoms with Crippen molar-refractivity contribution < 1.29 is 9.90 Å². The van der Waals surface area contributed by atoms with Crippen LogP contribution in [0.4, 0.5) is 5.69 Å². The molecule has 1 atom stereocenters. The summed E-state index contributed by atoms with van der Waals surface area (Å²) in [7, 11) is 0. The van der Waals surface area contributed by atoms with Gasteiger partial charge >= 0.3 is 5.97 Å². The summed E-state index contributed by atoms with van der Waals surface area (Å²) in [4.78, 5) is 11.4. The van der Waals surface area contributed by atoms with Gasteiger partial charge in [-0.15, -0.1) is 0 Å². The van der Waals surface area contributed by atoms with Crippen LogP contribution in [0.25, 0.3) is 0 Å². The van der Waals surface area contributed by atoms with E-state index in [4.69, 9.17) is 5.73 Å². The lowest BCUT2D eigenvalue weighted by atomic mass is 9.92. The molecule has 3 nitrogen and oxygen atoms in total. The molecule has 0 fully saturated rings. The third-order valence-corrected chi connectivity index (χ3v) is 3.80. The molecule has 1 aromatic rings. The first-order chi connectivity index (χ1) is 8.57. The van der Waals surface area contributed by atoms with Gasteiger partial charge in [-0.25, -0.2) is 0 Å². The quantitative estimate of drug-likeness (QED) is 0.586. The Hall–Kier alpha value is -1.03. The number of carboxylic acid groups (broad SMARTS) is 1. The summed E-state index contributed by atoms with van der Waals surface area (Å²) in [5, 5.41) is 9.33. The first-order valence-corrected chi connectivity index (χ1v) is 7.14. The topological polar surface area (TPSA) is 63.3 Å². The SMILES string of the molecule is CCCCCCC(C(=O)O)c1cccc(Br)c1N. The van der Waals surface area contributed by atoms with Crippen LogP contribution in [-0.4, -0.2) is 11.1 Å². The normalized spacial score (nSPS) is 12.3. The van der Waals surface area contributed by atoms with E-state index >= 15 is 0 Å². The van der Waals surface area contributed by atoms with Crippen molar-refractivity contribution in [2.45, 2.75) is 44.9 Å². The van der Waals surface area contributed by atoms with Crippen molar-refractivity contribution in [1.29, 1.82) is 0 Å². The number of unbranched alkanes of at least 4 members (excludes halogenated alkanes) is 3. The molecule has 1 rings (SSSR count). The van der Waals surface area contributed by atoms with E-state index in [1.54, 1.807) is 6.07 Å². The average Bonchev–Trinajstić information content (AvgIpc) is 2.33. The van der Waals surface area contributed by atoms with E-state index in [0.717, 1.165) is 30.2 Å². The number of aliphatic carboxylic acids is 1. The molecule has 1 unspecified atom stereocenters. The summed E-state index contributed by atoms with van der Waals surface area (Å²) in [6, 6.07) is 5.46. The van der Waals surface area contributed by atoms with Crippen LogP contribution in [0.15, 0.2) is 22.7 Å². The predicted octanol–water partition coefficient (Wildman–Crippen LogP) is 4.17. The Labute approximate surface area is 117 Å². The summed E-state index contributed by atoms with van der Waals surface area (Å²) < 4.78 is 0.764. The second kappa shape index (κ2) is 7.41. The Kier molecular flexibility index (Phi) is 6.19. The van der Waals surface area contributed by atoms with Gasteiger partial charge < -0.3 is 10.8 Å². The predicted molar refractivity (Wildman–Crippen MR) is 77.7 cm³/mol. The smallest absolute Gasteiger partial charge is 0.311 e. The molecule has 100 valence electrons. The van der Waals surface area contributed by atoms with Crippen molar-refractivity contribution in [1.82, 2.24) is 0 Å². The molecule has 18 heavy (non-hydrogen) atoms. The van der Waals surface area contributed by atoms with Gasteiger partial charge in [0.15, 0.2) is 0 Å². The minimum atomic E-state index is -0.795. The number of nitrogen functional groups attached to an aromatic ring is 1. The largest absolute Gasteiger partial charge is 0.481 e. The molecule has 0 heterocycles. The van der Waals surface area contributed by atoms with Crippen LogP contribution >= 0.6 is 15.9 Å². The number of carboxylic acids is 1. The molecule has 0 spiro atoms. The standard InChI is InChI=1S/C14H20BrNO2/c1-2-3-4-5-7-11(14(17)18)10-8-6-9-12(15)13(10)16/h6,8-9,11H,2-5,7,16H2,1H3,(H,17,18). The summed E-state index contributed by atoms with van der Waals surface area (Å²) in [5.74, 6) is -1.30. The van der Waals surface area contributed by atoms with Gasteiger partial charge in [-0.2, -0.15) is 0 Å². The van der Waals surface area contributed by atoms with Crippen molar-refractivity contribution >= 4 is 27.6 Å². The highest BCUT2D eigenvalue weighted by Gasteiger charge is 2.22.